The van der Waals surface area contributed by atoms with Gasteiger partial charge in [-0.3, -0.25) is 4.57 Å². The molecule has 2 aromatic heterocycles. The number of imidazole rings is 1. The minimum atomic E-state index is -1.32. The summed E-state index contributed by atoms with van der Waals surface area (Å²) in [4.78, 5) is 12.4. The second-order valence-corrected chi connectivity index (χ2v) is 7.30. The molecule has 4 atom stereocenters. The van der Waals surface area contributed by atoms with Crippen molar-refractivity contribution in [1.29, 1.82) is 0 Å². The molecule has 0 unspecified atom stereocenters. The van der Waals surface area contributed by atoms with E-state index in [0.717, 1.165) is 10.0 Å². The highest BCUT2D eigenvalue weighted by Gasteiger charge is 2.45. The van der Waals surface area contributed by atoms with Gasteiger partial charge in [0, 0.05) is 4.47 Å². The lowest BCUT2D eigenvalue weighted by Gasteiger charge is -2.18. The van der Waals surface area contributed by atoms with Gasteiger partial charge in [-0.05, 0) is 17.7 Å². The van der Waals surface area contributed by atoms with Gasteiger partial charge in [0.15, 0.2) is 23.2 Å². The summed E-state index contributed by atoms with van der Waals surface area (Å²) in [7, 11) is 0. The van der Waals surface area contributed by atoms with Crippen LogP contribution in [0, 0.1) is 0 Å². The van der Waals surface area contributed by atoms with Crippen LogP contribution in [-0.4, -0.2) is 66.0 Å². The molecular weight excluding hydrogens is 446 g/mol. The van der Waals surface area contributed by atoms with Crippen LogP contribution in [-0.2, 0) is 4.74 Å². The van der Waals surface area contributed by atoms with Gasteiger partial charge in [0.05, 0.1) is 12.8 Å². The van der Waals surface area contributed by atoms with Crippen LogP contribution in [0.15, 0.2) is 40.2 Å². The van der Waals surface area contributed by atoms with E-state index in [-0.39, 0.29) is 22.9 Å². The number of fused-ring (bicyclic) bond motifs is 1. The Balaban J connectivity index is 1.71. The molecule has 1 saturated heterocycles. The molecule has 3 heterocycles. The van der Waals surface area contributed by atoms with Crippen LogP contribution in [0.3, 0.4) is 0 Å². The van der Waals surface area contributed by atoms with Gasteiger partial charge < -0.3 is 25.8 Å². The third kappa shape index (κ3) is 3.68. The molecule has 3 aromatic rings. The molecule has 4 rings (SSSR count). The third-order valence-corrected chi connectivity index (χ3v) is 5.05. The van der Waals surface area contributed by atoms with Crippen molar-refractivity contribution < 1.29 is 20.1 Å². The molecule has 0 bridgehead atoms. The van der Waals surface area contributed by atoms with Crippen LogP contribution in [0.2, 0.25) is 0 Å². The molecule has 12 heteroatoms. The molecule has 1 fully saturated rings. The van der Waals surface area contributed by atoms with E-state index < -0.39 is 31.1 Å². The number of nitrogens with zero attached hydrogens (tertiary/aromatic N) is 5. The lowest BCUT2D eigenvalue weighted by Crippen LogP contribution is -2.33. The monoisotopic (exact) mass is 463 g/mol. The van der Waals surface area contributed by atoms with Crippen LogP contribution >= 0.6 is 15.9 Å². The number of hydrogen-bond donors (Lipinski definition) is 5. The maximum atomic E-state index is 10.4. The van der Waals surface area contributed by atoms with Crippen LogP contribution in [0.4, 0.5) is 11.8 Å². The summed E-state index contributed by atoms with van der Waals surface area (Å²) in [5.74, 6) is 0.316. The molecule has 11 nitrogen and oxygen atoms in total. The molecule has 0 saturated carbocycles. The summed E-state index contributed by atoms with van der Waals surface area (Å²) in [5.41, 5.74) is 10.1. The summed E-state index contributed by atoms with van der Waals surface area (Å²) >= 11 is 3.37. The Kier molecular flexibility index (Phi) is 5.43. The maximum Gasteiger partial charge on any atom is 0.228 e. The predicted molar refractivity (Wildman–Crippen MR) is 108 cm³/mol. The minimum Gasteiger partial charge on any atom is -0.394 e. The van der Waals surface area contributed by atoms with Crippen molar-refractivity contribution in [3.8, 4) is 0 Å². The highest BCUT2D eigenvalue weighted by Crippen LogP contribution is 2.35. The molecule has 0 spiro atoms. The maximum absolute atomic E-state index is 10.4. The number of nitrogens with one attached hydrogen (secondary N) is 1. The van der Waals surface area contributed by atoms with E-state index >= 15 is 0 Å². The average molecular weight is 464 g/mol. The summed E-state index contributed by atoms with van der Waals surface area (Å²) < 4.78 is 7.99. The normalized spacial score (nSPS) is 24.6. The Labute approximate surface area is 173 Å². The number of anilines is 2. The first-order chi connectivity index (χ1) is 14.0. The van der Waals surface area contributed by atoms with E-state index in [0.29, 0.717) is 0 Å². The molecule has 0 aliphatic carbocycles. The van der Waals surface area contributed by atoms with Gasteiger partial charge in [0.1, 0.15) is 24.6 Å². The minimum absolute atomic E-state index is 0.139. The molecule has 152 valence electrons. The van der Waals surface area contributed by atoms with Gasteiger partial charge in [0.2, 0.25) is 5.95 Å². The first-order valence-corrected chi connectivity index (χ1v) is 9.44. The molecule has 6 N–H and O–H groups in total. The summed E-state index contributed by atoms with van der Waals surface area (Å²) in [6, 6.07) is 7.50. The zero-order chi connectivity index (χ0) is 20.5. The van der Waals surface area contributed by atoms with Crippen LogP contribution in [0.1, 0.15) is 11.8 Å². The lowest BCUT2D eigenvalue weighted by atomic mass is 10.1. The van der Waals surface area contributed by atoms with Crippen molar-refractivity contribution in [3.05, 3.63) is 40.6 Å². The Bertz CT molecular complexity index is 1040. The van der Waals surface area contributed by atoms with Crippen LogP contribution < -0.4 is 11.2 Å². The molecular formula is C17H18BrN7O4. The Morgan fingerprint density at radius 2 is 2.00 bits per heavy atom. The quantitative estimate of drug-likeness (QED) is 0.263. The Hall–Kier alpha value is -2.64. The van der Waals surface area contributed by atoms with Crippen LogP contribution in [0.25, 0.3) is 11.2 Å². The number of rotatable bonds is 5. The molecule has 29 heavy (non-hydrogen) atoms. The standard InChI is InChI=1S/C17H18BrN7O4/c18-9-3-1-8(2-4-9)5-22-24-17-23-11-14(19)20-7-21-15(11)25(17)16-13(28)12(27)10(6-26)29-16/h1-5,7,10,12-13,16,26-28H,6H2,(H,23,24)(H2,19,20,21)/b22-5-/t10-,12+,13+,16-/m0/s1. The Morgan fingerprint density at radius 3 is 2.69 bits per heavy atom. The number of aromatic nitrogens is 4. The molecule has 0 amide bonds. The largest absolute Gasteiger partial charge is 0.394 e. The first-order valence-electron chi connectivity index (χ1n) is 8.65. The van der Waals surface area contributed by atoms with Gasteiger partial charge in [-0.1, -0.05) is 28.1 Å². The number of benzene rings is 1. The van der Waals surface area contributed by atoms with Gasteiger partial charge >= 0.3 is 0 Å². The molecule has 0 radical (unpaired) electrons. The second-order valence-electron chi connectivity index (χ2n) is 6.39. The van der Waals surface area contributed by atoms with E-state index in [4.69, 9.17) is 10.5 Å². The number of hydrogen-bond acceptors (Lipinski definition) is 10. The molecule has 1 aliphatic heterocycles. The van der Waals surface area contributed by atoms with Crippen molar-refractivity contribution in [3.63, 3.8) is 0 Å². The van der Waals surface area contributed by atoms with Crippen molar-refractivity contribution >= 4 is 45.1 Å². The van der Waals surface area contributed by atoms with Crippen LogP contribution in [0.5, 0.6) is 0 Å². The number of ether oxygens (including phenoxy) is 1. The van der Waals surface area contributed by atoms with Gasteiger partial charge in [0.25, 0.3) is 0 Å². The number of nitrogens with two attached hydrogens (primary N) is 1. The fraction of sp³-hybridized carbons (Fsp3) is 0.294. The highest BCUT2D eigenvalue weighted by atomic mass is 79.9. The van der Waals surface area contributed by atoms with Gasteiger partial charge in [-0.25, -0.2) is 20.4 Å². The number of nitrogen functional groups attached to an aromatic ring is 1. The van der Waals surface area contributed by atoms with Gasteiger partial charge in [-0.15, -0.1) is 0 Å². The van der Waals surface area contributed by atoms with E-state index in [2.05, 4.69) is 41.4 Å². The van der Waals surface area contributed by atoms with Crippen molar-refractivity contribution in [2.75, 3.05) is 17.8 Å². The fourth-order valence-electron chi connectivity index (χ4n) is 3.05. The Morgan fingerprint density at radius 1 is 1.24 bits per heavy atom. The zero-order valence-electron chi connectivity index (χ0n) is 14.9. The topological polar surface area (TPSA) is 164 Å². The average Bonchev–Trinajstić information content (AvgIpc) is 3.22. The lowest BCUT2D eigenvalue weighted by molar-refractivity contribution is -0.0501. The highest BCUT2D eigenvalue weighted by molar-refractivity contribution is 9.10. The second kappa shape index (κ2) is 8.00. The van der Waals surface area contributed by atoms with E-state index in [1.54, 1.807) is 6.21 Å². The number of aliphatic hydroxyl groups is 3. The molecule has 1 aromatic carbocycles. The summed E-state index contributed by atoms with van der Waals surface area (Å²) in [6.07, 6.45) is -1.77. The predicted octanol–water partition coefficient (Wildman–Crippen LogP) is 0.228. The van der Waals surface area contributed by atoms with E-state index in [1.165, 1.54) is 10.9 Å². The molecule has 1 aliphatic rings. The third-order valence-electron chi connectivity index (χ3n) is 4.53. The van der Waals surface area contributed by atoms with E-state index in [9.17, 15) is 15.3 Å². The zero-order valence-corrected chi connectivity index (χ0v) is 16.5. The smallest absolute Gasteiger partial charge is 0.228 e. The number of halogens is 1. The SMILES string of the molecule is Nc1ncnc2c1nc(N/N=C\c1ccc(Br)cc1)n2[C@H]1O[C@@H](CO)[C@@H](O)[C@H]1O. The first kappa shape index (κ1) is 19.7. The van der Waals surface area contributed by atoms with Gasteiger partial charge in [-0.2, -0.15) is 5.10 Å². The van der Waals surface area contributed by atoms with Crippen molar-refractivity contribution in [2.45, 2.75) is 24.5 Å². The van der Waals surface area contributed by atoms with Crippen molar-refractivity contribution in [1.82, 2.24) is 19.5 Å². The summed E-state index contributed by atoms with van der Waals surface area (Å²) in [6.45, 7) is -0.455. The fourth-order valence-corrected chi connectivity index (χ4v) is 3.32. The number of hydrazone groups is 1. The number of aliphatic hydroxyl groups excluding tert-OH is 3. The summed E-state index contributed by atoms with van der Waals surface area (Å²) in [5, 5.41) is 34.1. The van der Waals surface area contributed by atoms with Crippen molar-refractivity contribution in [2.24, 2.45) is 5.10 Å². The van der Waals surface area contributed by atoms with E-state index in [1.807, 2.05) is 24.3 Å².